The normalized spacial score (nSPS) is 10.4. The second-order valence-corrected chi connectivity index (χ2v) is 7.14. The molecule has 3 aromatic rings. The molecule has 2 aromatic carbocycles. The molecule has 128 valence electrons. The van der Waals surface area contributed by atoms with Gasteiger partial charge in [-0.2, -0.15) is 0 Å². The summed E-state index contributed by atoms with van der Waals surface area (Å²) in [5.74, 6) is 0.510. The number of benzene rings is 2. The van der Waals surface area contributed by atoms with Crippen molar-refractivity contribution in [1.82, 2.24) is 10.2 Å². The number of hydrogen-bond donors (Lipinski definition) is 1. The van der Waals surface area contributed by atoms with Crippen LogP contribution in [0, 0.1) is 5.82 Å². The van der Waals surface area contributed by atoms with Crippen molar-refractivity contribution < 1.29 is 13.9 Å². The SMILES string of the molecule is O=C(COc1ccc(F)cc1)Nc1nnc(SCc2ccccc2)s1. The van der Waals surface area contributed by atoms with Gasteiger partial charge in [0.25, 0.3) is 5.91 Å². The fourth-order valence-electron chi connectivity index (χ4n) is 1.87. The van der Waals surface area contributed by atoms with E-state index < -0.39 is 0 Å². The van der Waals surface area contributed by atoms with Crippen molar-refractivity contribution in [2.45, 2.75) is 10.1 Å². The van der Waals surface area contributed by atoms with Crippen LogP contribution < -0.4 is 10.1 Å². The van der Waals surface area contributed by atoms with Gasteiger partial charge in [0.2, 0.25) is 5.13 Å². The van der Waals surface area contributed by atoms with Crippen molar-refractivity contribution in [3.8, 4) is 5.75 Å². The predicted molar refractivity (Wildman–Crippen MR) is 96.4 cm³/mol. The highest BCUT2D eigenvalue weighted by molar-refractivity contribution is 8.00. The Kier molecular flexibility index (Phi) is 5.97. The molecule has 1 heterocycles. The van der Waals surface area contributed by atoms with Gasteiger partial charge in [-0.1, -0.05) is 53.4 Å². The number of rotatable bonds is 7. The molecule has 0 bridgehead atoms. The first-order chi connectivity index (χ1) is 12.2. The fraction of sp³-hybridized carbons (Fsp3) is 0.118. The van der Waals surface area contributed by atoms with E-state index in [1.54, 1.807) is 11.8 Å². The van der Waals surface area contributed by atoms with Crippen LogP contribution in [0.5, 0.6) is 5.75 Å². The average molecular weight is 375 g/mol. The number of nitrogens with one attached hydrogen (secondary N) is 1. The fourth-order valence-corrected chi connectivity index (χ4v) is 3.60. The van der Waals surface area contributed by atoms with E-state index in [2.05, 4.69) is 15.5 Å². The standard InChI is InChI=1S/C17H14FN3O2S2/c18-13-6-8-14(9-7-13)23-10-15(22)19-16-20-21-17(25-16)24-11-12-4-2-1-3-5-12/h1-9H,10-11H2,(H,19,20,22). The summed E-state index contributed by atoms with van der Waals surface area (Å²) in [5, 5.41) is 11.0. The summed E-state index contributed by atoms with van der Waals surface area (Å²) < 4.78 is 18.9. The van der Waals surface area contributed by atoms with Crippen LogP contribution in [0.2, 0.25) is 0 Å². The van der Waals surface area contributed by atoms with Crippen LogP contribution in [0.25, 0.3) is 0 Å². The molecule has 0 radical (unpaired) electrons. The molecule has 25 heavy (non-hydrogen) atoms. The molecule has 0 aliphatic heterocycles. The number of halogens is 1. The van der Waals surface area contributed by atoms with Gasteiger partial charge in [-0.15, -0.1) is 10.2 Å². The van der Waals surface area contributed by atoms with Gasteiger partial charge in [0.05, 0.1) is 0 Å². The third-order valence-corrected chi connectivity index (χ3v) is 5.08. The van der Waals surface area contributed by atoms with E-state index in [9.17, 15) is 9.18 Å². The summed E-state index contributed by atoms with van der Waals surface area (Å²) in [6.07, 6.45) is 0. The largest absolute Gasteiger partial charge is 0.484 e. The van der Waals surface area contributed by atoms with E-state index in [0.717, 1.165) is 10.1 Å². The van der Waals surface area contributed by atoms with Gasteiger partial charge in [-0.25, -0.2) is 4.39 Å². The number of carbonyl (C=O) groups excluding carboxylic acids is 1. The summed E-state index contributed by atoms with van der Waals surface area (Å²) in [6.45, 7) is -0.183. The second-order valence-electron chi connectivity index (χ2n) is 4.94. The molecule has 1 amide bonds. The number of thioether (sulfide) groups is 1. The summed E-state index contributed by atoms with van der Waals surface area (Å²) in [4.78, 5) is 11.9. The van der Waals surface area contributed by atoms with Crippen molar-refractivity contribution in [2.24, 2.45) is 0 Å². The molecule has 0 saturated carbocycles. The lowest BCUT2D eigenvalue weighted by Crippen LogP contribution is -2.20. The number of amides is 1. The minimum Gasteiger partial charge on any atom is -0.484 e. The molecular weight excluding hydrogens is 361 g/mol. The monoisotopic (exact) mass is 375 g/mol. The first-order valence-corrected chi connectivity index (χ1v) is 9.18. The zero-order chi connectivity index (χ0) is 17.5. The first kappa shape index (κ1) is 17.4. The van der Waals surface area contributed by atoms with E-state index >= 15 is 0 Å². The molecule has 0 aliphatic carbocycles. The van der Waals surface area contributed by atoms with E-state index in [1.165, 1.54) is 41.2 Å². The Bertz CT molecular complexity index is 825. The summed E-state index contributed by atoms with van der Waals surface area (Å²) in [7, 11) is 0. The van der Waals surface area contributed by atoms with E-state index in [1.807, 2.05) is 30.3 Å². The lowest BCUT2D eigenvalue weighted by molar-refractivity contribution is -0.118. The molecule has 0 fully saturated rings. The third kappa shape index (κ3) is 5.54. The molecule has 0 saturated heterocycles. The molecular formula is C17H14FN3O2S2. The maximum Gasteiger partial charge on any atom is 0.264 e. The van der Waals surface area contributed by atoms with Gasteiger partial charge >= 0.3 is 0 Å². The van der Waals surface area contributed by atoms with Crippen LogP contribution in [-0.2, 0) is 10.5 Å². The molecule has 1 N–H and O–H groups in total. The van der Waals surface area contributed by atoms with Crippen LogP contribution >= 0.6 is 23.1 Å². The highest BCUT2D eigenvalue weighted by Crippen LogP contribution is 2.28. The zero-order valence-corrected chi connectivity index (χ0v) is 14.6. The van der Waals surface area contributed by atoms with Crippen molar-refractivity contribution >= 4 is 34.1 Å². The topological polar surface area (TPSA) is 64.1 Å². The molecule has 0 aliphatic rings. The Hall–Kier alpha value is -2.45. The molecule has 0 spiro atoms. The van der Waals surface area contributed by atoms with Crippen LogP contribution in [0.15, 0.2) is 58.9 Å². The smallest absolute Gasteiger partial charge is 0.264 e. The highest BCUT2D eigenvalue weighted by atomic mass is 32.2. The summed E-state index contributed by atoms with van der Waals surface area (Å²) in [6, 6.07) is 15.5. The Morgan fingerprint density at radius 2 is 1.88 bits per heavy atom. The van der Waals surface area contributed by atoms with Gasteiger partial charge in [-0.3, -0.25) is 10.1 Å². The van der Waals surface area contributed by atoms with Crippen molar-refractivity contribution in [3.05, 3.63) is 66.0 Å². The Balaban J connectivity index is 1.45. The van der Waals surface area contributed by atoms with Crippen LogP contribution in [0.3, 0.4) is 0 Å². The van der Waals surface area contributed by atoms with Crippen molar-refractivity contribution in [3.63, 3.8) is 0 Å². The molecule has 3 rings (SSSR count). The van der Waals surface area contributed by atoms with E-state index in [0.29, 0.717) is 10.9 Å². The summed E-state index contributed by atoms with van der Waals surface area (Å²) >= 11 is 2.87. The average Bonchev–Trinajstić information content (AvgIpc) is 3.08. The molecule has 1 aromatic heterocycles. The van der Waals surface area contributed by atoms with E-state index in [-0.39, 0.29) is 18.3 Å². The maximum absolute atomic E-state index is 12.8. The Morgan fingerprint density at radius 1 is 1.12 bits per heavy atom. The highest BCUT2D eigenvalue weighted by Gasteiger charge is 2.09. The van der Waals surface area contributed by atoms with Crippen molar-refractivity contribution in [1.29, 1.82) is 0 Å². The molecule has 5 nitrogen and oxygen atoms in total. The number of anilines is 1. The van der Waals surface area contributed by atoms with Crippen LogP contribution in [0.4, 0.5) is 9.52 Å². The zero-order valence-electron chi connectivity index (χ0n) is 13.0. The lowest BCUT2D eigenvalue weighted by Gasteiger charge is -2.05. The van der Waals surface area contributed by atoms with Gasteiger partial charge < -0.3 is 4.74 Å². The molecule has 0 unspecified atom stereocenters. The maximum atomic E-state index is 12.8. The third-order valence-electron chi connectivity index (χ3n) is 3.04. The molecule has 8 heteroatoms. The number of aromatic nitrogens is 2. The van der Waals surface area contributed by atoms with Crippen LogP contribution in [-0.4, -0.2) is 22.7 Å². The first-order valence-electron chi connectivity index (χ1n) is 7.37. The number of carbonyl (C=O) groups is 1. The predicted octanol–water partition coefficient (Wildman–Crippen LogP) is 3.99. The van der Waals surface area contributed by atoms with Crippen LogP contribution in [0.1, 0.15) is 5.56 Å². The lowest BCUT2D eigenvalue weighted by atomic mass is 10.2. The van der Waals surface area contributed by atoms with Crippen molar-refractivity contribution in [2.75, 3.05) is 11.9 Å². The number of nitrogens with zero attached hydrogens (tertiary/aromatic N) is 2. The minimum absolute atomic E-state index is 0.183. The van der Waals surface area contributed by atoms with Gasteiger partial charge in [-0.05, 0) is 29.8 Å². The Labute approximate surface area is 152 Å². The minimum atomic E-state index is -0.355. The van der Waals surface area contributed by atoms with E-state index in [4.69, 9.17) is 4.74 Å². The summed E-state index contributed by atoms with van der Waals surface area (Å²) in [5.41, 5.74) is 1.20. The van der Waals surface area contributed by atoms with Gasteiger partial charge in [0.1, 0.15) is 11.6 Å². The number of hydrogen-bond acceptors (Lipinski definition) is 6. The van der Waals surface area contributed by atoms with Gasteiger partial charge in [0.15, 0.2) is 10.9 Å². The second kappa shape index (κ2) is 8.59. The molecule has 0 atom stereocenters. The Morgan fingerprint density at radius 3 is 2.64 bits per heavy atom. The number of ether oxygens (including phenoxy) is 1. The quantitative estimate of drug-likeness (QED) is 0.500. The van der Waals surface area contributed by atoms with Gasteiger partial charge in [0, 0.05) is 5.75 Å².